The van der Waals surface area contributed by atoms with E-state index in [9.17, 15) is 15.3 Å². The van der Waals surface area contributed by atoms with Gasteiger partial charge in [0.2, 0.25) is 0 Å². The van der Waals surface area contributed by atoms with Crippen LogP contribution in [0.4, 0.5) is 0 Å². The minimum Gasteiger partial charge on any atom is -0.491 e. The number of nitriles is 2. The maximum absolute atomic E-state index is 11.1. The van der Waals surface area contributed by atoms with E-state index < -0.39 is 5.97 Å². The van der Waals surface area contributed by atoms with Crippen LogP contribution in [0.2, 0.25) is 0 Å². The number of nitrogens with zero attached hydrogens (tertiary/aromatic N) is 3. The molecule has 2 aliphatic rings. The summed E-state index contributed by atoms with van der Waals surface area (Å²) < 4.78 is 5.73. The lowest BCUT2D eigenvalue weighted by molar-refractivity contribution is -0.137. The van der Waals surface area contributed by atoms with Crippen LogP contribution in [-0.2, 0) is 17.6 Å². The van der Waals surface area contributed by atoms with Crippen LogP contribution in [0.5, 0.6) is 5.75 Å². The number of hydrogen-bond donors (Lipinski definition) is 1. The Morgan fingerprint density at radius 3 is 2.61 bits per heavy atom. The summed E-state index contributed by atoms with van der Waals surface area (Å²) in [5.74, 6) is -0.0581. The second-order valence-electron chi connectivity index (χ2n) is 8.60. The lowest BCUT2D eigenvalue weighted by atomic mass is 9.88. The van der Waals surface area contributed by atoms with Gasteiger partial charge in [0, 0.05) is 17.7 Å². The van der Waals surface area contributed by atoms with Crippen molar-refractivity contribution in [3.8, 4) is 29.0 Å². The van der Waals surface area contributed by atoms with E-state index in [2.05, 4.69) is 23.2 Å². The van der Waals surface area contributed by atoms with Crippen LogP contribution in [0.1, 0.15) is 58.2 Å². The lowest BCUT2D eigenvalue weighted by Gasteiger charge is -2.15. The number of carbonyl (C=O) groups is 1. The fourth-order valence-corrected chi connectivity index (χ4v) is 5.17. The Labute approximate surface area is 191 Å². The highest BCUT2D eigenvalue weighted by Crippen LogP contribution is 2.43. The number of pyridine rings is 1. The van der Waals surface area contributed by atoms with E-state index in [-0.39, 0.29) is 12.3 Å². The number of carboxylic acid groups (broad SMARTS) is 1. The molecule has 6 heteroatoms. The molecule has 3 aromatic rings. The minimum absolute atomic E-state index is 0.0208. The summed E-state index contributed by atoms with van der Waals surface area (Å²) in [7, 11) is 0. The van der Waals surface area contributed by atoms with Crippen molar-refractivity contribution >= 4 is 5.97 Å². The number of hydrogen-bond acceptors (Lipinski definition) is 5. The monoisotopic (exact) mass is 435 g/mol. The number of rotatable bonds is 5. The minimum atomic E-state index is -0.849. The first kappa shape index (κ1) is 20.7. The predicted octanol–water partition coefficient (Wildman–Crippen LogP) is 4.72. The molecular formula is C27H21N3O3. The van der Waals surface area contributed by atoms with Crippen LogP contribution in [0.25, 0.3) is 11.1 Å². The van der Waals surface area contributed by atoms with Gasteiger partial charge in [-0.05, 0) is 65.6 Å². The van der Waals surface area contributed by atoms with Gasteiger partial charge in [-0.25, -0.2) is 0 Å². The van der Waals surface area contributed by atoms with Crippen molar-refractivity contribution in [2.45, 2.75) is 37.5 Å². The summed E-state index contributed by atoms with van der Waals surface area (Å²) >= 11 is 0. The van der Waals surface area contributed by atoms with Crippen LogP contribution in [0, 0.1) is 22.7 Å². The molecule has 1 aromatic heterocycles. The molecule has 1 aliphatic carbocycles. The summed E-state index contributed by atoms with van der Waals surface area (Å²) in [6, 6.07) is 17.9. The van der Waals surface area contributed by atoms with Gasteiger partial charge >= 0.3 is 5.97 Å². The second kappa shape index (κ2) is 8.41. The first-order chi connectivity index (χ1) is 16.1. The van der Waals surface area contributed by atoms with Crippen LogP contribution in [-0.4, -0.2) is 22.7 Å². The summed E-state index contributed by atoms with van der Waals surface area (Å²) in [6.07, 6.45) is 4.52. The van der Waals surface area contributed by atoms with E-state index in [1.165, 1.54) is 11.1 Å². The number of benzene rings is 2. The zero-order valence-electron chi connectivity index (χ0n) is 17.9. The average Bonchev–Trinajstić information content (AvgIpc) is 3.42. The number of fused-ring (bicyclic) bond motifs is 2. The molecule has 0 spiro atoms. The van der Waals surface area contributed by atoms with E-state index in [4.69, 9.17) is 9.84 Å². The van der Waals surface area contributed by atoms with Gasteiger partial charge in [0.25, 0.3) is 0 Å². The highest BCUT2D eigenvalue weighted by atomic mass is 16.5. The molecule has 0 bridgehead atoms. The SMILES string of the molecule is N#Cc1cccc(C#N)c1-c1cccc2c1CC[C@H]2Cc1cnc2c(c1)OCC2CC(=O)O. The molecule has 0 saturated heterocycles. The molecule has 2 aromatic carbocycles. The number of ether oxygens (including phenoxy) is 1. The first-order valence-electron chi connectivity index (χ1n) is 11.0. The van der Waals surface area contributed by atoms with Crippen molar-refractivity contribution < 1.29 is 14.6 Å². The van der Waals surface area contributed by atoms with Crippen molar-refractivity contribution in [3.63, 3.8) is 0 Å². The summed E-state index contributed by atoms with van der Waals surface area (Å²) in [6.45, 7) is 0.354. The fraction of sp³-hybridized carbons (Fsp3) is 0.259. The average molecular weight is 435 g/mol. The standard InChI is InChI=1S/C27H21N3O3/c28-12-18-3-1-4-19(13-29)26(18)23-6-2-5-21-17(7-8-22(21)23)9-16-10-24-27(30-14-16)20(15-33-24)11-25(31)32/h1-6,10,14,17,20H,7-9,11,15H2,(H,31,32)/t17-,20?/m0/s1. The molecule has 0 saturated carbocycles. The van der Waals surface area contributed by atoms with Gasteiger partial charge in [0.15, 0.2) is 0 Å². The van der Waals surface area contributed by atoms with Gasteiger partial charge in [-0.2, -0.15) is 10.5 Å². The van der Waals surface area contributed by atoms with Gasteiger partial charge < -0.3 is 9.84 Å². The molecule has 1 unspecified atom stereocenters. The molecule has 0 fully saturated rings. The Morgan fingerprint density at radius 1 is 1.12 bits per heavy atom. The molecule has 162 valence electrons. The molecule has 5 rings (SSSR count). The van der Waals surface area contributed by atoms with Gasteiger partial charge in [-0.15, -0.1) is 0 Å². The normalized spacial score (nSPS) is 18.0. The van der Waals surface area contributed by atoms with Crippen molar-refractivity contribution in [2.75, 3.05) is 6.61 Å². The number of aliphatic carboxylic acids is 1. The topological polar surface area (TPSA) is 107 Å². The second-order valence-corrected chi connectivity index (χ2v) is 8.60. The number of aromatic nitrogens is 1. The Hall–Kier alpha value is -4.16. The van der Waals surface area contributed by atoms with Crippen molar-refractivity contribution in [1.29, 1.82) is 10.5 Å². The summed E-state index contributed by atoms with van der Waals surface area (Å²) in [5, 5.41) is 28.3. The maximum Gasteiger partial charge on any atom is 0.304 e. The molecule has 2 heterocycles. The smallest absolute Gasteiger partial charge is 0.304 e. The Morgan fingerprint density at radius 2 is 1.88 bits per heavy atom. The fourth-order valence-electron chi connectivity index (χ4n) is 5.17. The maximum atomic E-state index is 11.1. The summed E-state index contributed by atoms with van der Waals surface area (Å²) in [5.41, 5.74) is 6.95. The molecule has 1 aliphatic heterocycles. The molecule has 0 amide bonds. The molecule has 0 radical (unpaired) electrons. The zero-order chi connectivity index (χ0) is 22.9. The first-order valence-corrected chi connectivity index (χ1v) is 11.0. The van der Waals surface area contributed by atoms with Gasteiger partial charge in [-0.3, -0.25) is 9.78 Å². The predicted molar refractivity (Wildman–Crippen MR) is 121 cm³/mol. The third-order valence-corrected chi connectivity index (χ3v) is 6.64. The zero-order valence-corrected chi connectivity index (χ0v) is 17.9. The largest absolute Gasteiger partial charge is 0.491 e. The van der Waals surface area contributed by atoms with Crippen molar-refractivity contribution in [3.05, 3.63) is 82.2 Å². The summed E-state index contributed by atoms with van der Waals surface area (Å²) in [4.78, 5) is 15.6. The Kier molecular flexibility index (Phi) is 5.28. The van der Waals surface area contributed by atoms with Gasteiger partial charge in [0.1, 0.15) is 5.75 Å². The van der Waals surface area contributed by atoms with E-state index in [1.54, 1.807) is 18.2 Å². The molecule has 33 heavy (non-hydrogen) atoms. The molecule has 2 atom stereocenters. The van der Waals surface area contributed by atoms with E-state index in [1.807, 2.05) is 24.4 Å². The molecule has 6 nitrogen and oxygen atoms in total. The lowest BCUT2D eigenvalue weighted by Crippen LogP contribution is -2.08. The van der Waals surface area contributed by atoms with E-state index >= 15 is 0 Å². The quantitative estimate of drug-likeness (QED) is 0.622. The third-order valence-electron chi connectivity index (χ3n) is 6.64. The Balaban J connectivity index is 1.45. The highest BCUT2D eigenvalue weighted by molar-refractivity contribution is 5.80. The van der Waals surface area contributed by atoms with E-state index in [0.717, 1.165) is 41.6 Å². The van der Waals surface area contributed by atoms with Crippen molar-refractivity contribution in [1.82, 2.24) is 4.98 Å². The van der Waals surface area contributed by atoms with E-state index in [0.29, 0.717) is 29.4 Å². The van der Waals surface area contributed by atoms with Crippen LogP contribution < -0.4 is 4.74 Å². The Bertz CT molecular complexity index is 1320. The van der Waals surface area contributed by atoms with Crippen LogP contribution >= 0.6 is 0 Å². The molecular weight excluding hydrogens is 414 g/mol. The van der Waals surface area contributed by atoms with Gasteiger partial charge in [0.05, 0.1) is 42.0 Å². The highest BCUT2D eigenvalue weighted by Gasteiger charge is 2.30. The van der Waals surface area contributed by atoms with Gasteiger partial charge in [-0.1, -0.05) is 24.3 Å². The molecule has 1 N–H and O–H groups in total. The van der Waals surface area contributed by atoms with Crippen molar-refractivity contribution in [2.24, 2.45) is 0 Å². The van der Waals surface area contributed by atoms with Crippen LogP contribution in [0.15, 0.2) is 48.7 Å². The number of carboxylic acids is 1. The van der Waals surface area contributed by atoms with Crippen LogP contribution in [0.3, 0.4) is 0 Å². The third kappa shape index (κ3) is 3.70.